The fourth-order valence-electron chi connectivity index (χ4n) is 4.83. The molecule has 0 aromatic heterocycles. The van der Waals surface area contributed by atoms with Crippen LogP contribution in [0.4, 0.5) is 0 Å². The predicted octanol–water partition coefficient (Wildman–Crippen LogP) is 6.80. The molecule has 4 rings (SSSR count). The molecular weight excluding hydrogens is 403 g/mol. The molecule has 152 valence electrons. The van der Waals surface area contributed by atoms with E-state index in [9.17, 15) is 0 Å². The van der Waals surface area contributed by atoms with Crippen LogP contribution in [0.15, 0.2) is 103 Å². The first-order valence-corrected chi connectivity index (χ1v) is 13.7. The van der Waals surface area contributed by atoms with Crippen molar-refractivity contribution < 1.29 is 0 Å². The zero-order valence-corrected chi connectivity index (χ0v) is 19.5. The molecule has 2 heteroatoms. The van der Waals surface area contributed by atoms with Crippen molar-refractivity contribution in [2.24, 2.45) is 0 Å². The molecule has 0 heterocycles. The molecule has 0 nitrogen and oxygen atoms in total. The van der Waals surface area contributed by atoms with Crippen LogP contribution in [0.2, 0.25) is 0 Å². The molecule has 0 saturated heterocycles. The van der Waals surface area contributed by atoms with Crippen molar-refractivity contribution in [1.29, 1.82) is 0 Å². The molecule has 0 aliphatic carbocycles. The predicted molar refractivity (Wildman–Crippen MR) is 135 cm³/mol. The first-order valence-electron chi connectivity index (χ1n) is 10.4. The van der Waals surface area contributed by atoms with Gasteiger partial charge < -0.3 is 0 Å². The van der Waals surface area contributed by atoms with E-state index in [2.05, 4.69) is 124 Å². The second-order valence-corrected chi connectivity index (χ2v) is 14.6. The molecule has 0 bridgehead atoms. The van der Waals surface area contributed by atoms with Crippen molar-refractivity contribution in [3.05, 3.63) is 125 Å². The van der Waals surface area contributed by atoms with Gasteiger partial charge in [0.25, 0.3) is 0 Å². The van der Waals surface area contributed by atoms with Crippen molar-refractivity contribution >= 4 is 33.1 Å². The monoisotopic (exact) mass is 430 g/mol. The van der Waals surface area contributed by atoms with Crippen molar-refractivity contribution in [3.8, 4) is 0 Å². The summed E-state index contributed by atoms with van der Waals surface area (Å²) in [6.07, 6.45) is 0.786. The second-order valence-electron chi connectivity index (χ2n) is 8.19. The van der Waals surface area contributed by atoms with Crippen LogP contribution in [-0.2, 0) is 6.16 Å². The molecule has 4 aromatic rings. The molecule has 30 heavy (non-hydrogen) atoms. The van der Waals surface area contributed by atoms with Crippen LogP contribution in [0.3, 0.4) is 0 Å². The van der Waals surface area contributed by atoms with E-state index in [1.54, 1.807) is 0 Å². The van der Waals surface area contributed by atoms with E-state index < -0.39 is 5.96 Å². The van der Waals surface area contributed by atoms with Gasteiger partial charge in [-0.1, -0.05) is 0 Å². The van der Waals surface area contributed by atoms with Gasteiger partial charge in [-0.2, -0.15) is 0 Å². The van der Waals surface area contributed by atoms with Crippen LogP contribution in [0.1, 0.15) is 22.3 Å². The van der Waals surface area contributed by atoms with Crippen molar-refractivity contribution in [3.63, 3.8) is 0 Å². The molecule has 0 N–H and O–H groups in total. The third kappa shape index (κ3) is 3.29. The van der Waals surface area contributed by atoms with E-state index in [0.29, 0.717) is 0 Å². The SMILES string of the molecule is Cc1ccccc1P(Cl)(Cc1ccccc1)(c1ccccc1C)c1ccccc1C. The maximum atomic E-state index is 8.35. The molecule has 0 aliphatic rings. The quantitative estimate of drug-likeness (QED) is 0.305. The molecule has 0 aliphatic heterocycles. The normalized spacial score (nSPS) is 12.9. The van der Waals surface area contributed by atoms with Crippen LogP contribution in [0.25, 0.3) is 0 Å². The molecule has 4 aromatic carbocycles. The molecule has 0 spiro atoms. The van der Waals surface area contributed by atoms with E-state index >= 15 is 0 Å². The van der Waals surface area contributed by atoms with Gasteiger partial charge in [0.1, 0.15) is 0 Å². The van der Waals surface area contributed by atoms with Gasteiger partial charge in [-0.05, 0) is 0 Å². The van der Waals surface area contributed by atoms with Gasteiger partial charge in [-0.3, -0.25) is 0 Å². The van der Waals surface area contributed by atoms with Crippen molar-refractivity contribution in [2.45, 2.75) is 26.9 Å². The van der Waals surface area contributed by atoms with Crippen molar-refractivity contribution in [2.75, 3.05) is 0 Å². The summed E-state index contributed by atoms with van der Waals surface area (Å²) in [5.41, 5.74) is 4.99. The summed E-state index contributed by atoms with van der Waals surface area (Å²) < 4.78 is 0. The van der Waals surface area contributed by atoms with Crippen LogP contribution >= 0.6 is 17.2 Å². The van der Waals surface area contributed by atoms with Gasteiger partial charge in [0.05, 0.1) is 0 Å². The summed E-state index contributed by atoms with van der Waals surface area (Å²) in [7, 11) is 0. The minimum absolute atomic E-state index is 0.786. The van der Waals surface area contributed by atoms with Crippen LogP contribution in [-0.4, -0.2) is 0 Å². The number of rotatable bonds is 5. The molecule has 0 amide bonds. The Kier molecular flexibility index (Phi) is 5.58. The van der Waals surface area contributed by atoms with Gasteiger partial charge in [-0.25, -0.2) is 0 Å². The summed E-state index contributed by atoms with van der Waals surface area (Å²) in [5, 5.41) is 3.79. The first-order chi connectivity index (χ1) is 14.4. The van der Waals surface area contributed by atoms with Crippen LogP contribution < -0.4 is 15.9 Å². The Labute approximate surface area is 185 Å². The molecule has 0 atom stereocenters. The zero-order valence-electron chi connectivity index (χ0n) is 17.8. The minimum atomic E-state index is -3.35. The molecule has 0 unspecified atom stereocenters. The number of aryl methyl sites for hydroxylation is 3. The Hall–Kier alpha value is -2.40. The van der Waals surface area contributed by atoms with E-state index in [4.69, 9.17) is 11.2 Å². The average molecular weight is 431 g/mol. The Morgan fingerprint density at radius 2 is 0.833 bits per heavy atom. The van der Waals surface area contributed by atoms with Crippen LogP contribution in [0.5, 0.6) is 0 Å². The van der Waals surface area contributed by atoms with E-state index in [1.807, 2.05) is 0 Å². The fourth-order valence-corrected chi connectivity index (χ4v) is 12.8. The molecule has 0 saturated carbocycles. The Morgan fingerprint density at radius 3 is 1.20 bits per heavy atom. The molecule has 0 fully saturated rings. The third-order valence-corrected chi connectivity index (χ3v) is 13.7. The summed E-state index contributed by atoms with van der Waals surface area (Å²) in [5.74, 6) is -3.35. The Balaban J connectivity index is 2.21. The van der Waals surface area contributed by atoms with Crippen molar-refractivity contribution in [1.82, 2.24) is 0 Å². The van der Waals surface area contributed by atoms with Gasteiger partial charge in [0.15, 0.2) is 0 Å². The Bertz CT molecular complexity index is 1070. The number of benzene rings is 4. The third-order valence-electron chi connectivity index (χ3n) is 6.18. The summed E-state index contributed by atoms with van der Waals surface area (Å²) in [4.78, 5) is 0. The number of hydrogen-bond acceptors (Lipinski definition) is 0. The van der Waals surface area contributed by atoms with E-state index in [1.165, 1.54) is 38.2 Å². The number of hydrogen-bond donors (Lipinski definition) is 0. The topological polar surface area (TPSA) is 0 Å². The van der Waals surface area contributed by atoms with E-state index in [0.717, 1.165) is 6.16 Å². The van der Waals surface area contributed by atoms with E-state index in [-0.39, 0.29) is 0 Å². The summed E-state index contributed by atoms with van der Waals surface area (Å²) in [6.45, 7) is 6.59. The van der Waals surface area contributed by atoms with Gasteiger partial charge in [0.2, 0.25) is 0 Å². The summed E-state index contributed by atoms with van der Waals surface area (Å²) >= 11 is 8.35. The van der Waals surface area contributed by atoms with Gasteiger partial charge >= 0.3 is 185 Å². The second kappa shape index (κ2) is 8.03. The van der Waals surface area contributed by atoms with Crippen LogP contribution in [0, 0.1) is 20.8 Å². The average Bonchev–Trinajstić information content (AvgIpc) is 2.75. The first kappa shape index (κ1) is 20.9. The summed E-state index contributed by atoms with van der Waals surface area (Å²) in [6, 6.07) is 36.8. The Morgan fingerprint density at radius 1 is 0.500 bits per heavy atom. The van der Waals surface area contributed by atoms with Gasteiger partial charge in [-0.15, -0.1) is 0 Å². The fraction of sp³-hybridized carbons (Fsp3) is 0.143. The zero-order chi connectivity index (χ0) is 21.2. The standard InChI is InChI=1S/C28H28ClP/c1-22-13-7-10-18-26(22)30(29,21-25-16-5-4-6-17-25,27-19-11-8-14-23(27)2)28-20-12-9-15-24(28)3/h4-20H,21H2,1-3H3. The molecule has 0 radical (unpaired) electrons. The maximum absolute atomic E-state index is 8.35. The van der Waals surface area contributed by atoms with Gasteiger partial charge in [0, 0.05) is 0 Å². The molecular formula is C28H28ClP. The number of halogens is 1.